The normalized spacial score (nSPS) is 11.0. The second-order valence-electron chi connectivity index (χ2n) is 6.64. The lowest BCUT2D eigenvalue weighted by atomic mass is 10.1. The van der Waals surface area contributed by atoms with Crippen molar-refractivity contribution in [3.05, 3.63) is 41.3 Å². The first-order valence-electron chi connectivity index (χ1n) is 9.74. The number of amides is 1. The fourth-order valence-electron chi connectivity index (χ4n) is 2.78. The molecular weight excluding hydrogens is 468 g/mol. The van der Waals surface area contributed by atoms with Gasteiger partial charge < -0.3 is 29.0 Å². The second kappa shape index (κ2) is 11.8. The Morgan fingerprint density at radius 1 is 0.912 bits per heavy atom. The molecule has 0 atom stereocenters. The van der Waals surface area contributed by atoms with Crippen molar-refractivity contribution in [3.63, 3.8) is 0 Å². The Balaban J connectivity index is 2.27. The average molecular weight is 495 g/mol. The van der Waals surface area contributed by atoms with Crippen LogP contribution >= 0.6 is 0 Å². The van der Waals surface area contributed by atoms with E-state index in [9.17, 15) is 18.0 Å². The van der Waals surface area contributed by atoms with Crippen LogP contribution < -0.4 is 29.0 Å². The molecule has 0 unspecified atom stereocenters. The van der Waals surface area contributed by atoms with E-state index in [2.05, 4.69) is 14.8 Å². The number of benzene rings is 2. The number of hydrogen-bond donors (Lipinski definition) is 2. The lowest BCUT2D eigenvalue weighted by Gasteiger charge is -2.13. The van der Waals surface area contributed by atoms with Gasteiger partial charge in [-0.15, -0.1) is 0 Å². The van der Waals surface area contributed by atoms with Crippen molar-refractivity contribution in [1.29, 1.82) is 0 Å². The molecule has 11 nitrogen and oxygen atoms in total. The lowest BCUT2D eigenvalue weighted by Crippen LogP contribution is -2.20. The van der Waals surface area contributed by atoms with E-state index in [1.165, 1.54) is 59.6 Å². The molecule has 2 aromatic carbocycles. The van der Waals surface area contributed by atoms with Crippen molar-refractivity contribution in [2.75, 3.05) is 45.1 Å². The zero-order valence-electron chi connectivity index (χ0n) is 19.3. The van der Waals surface area contributed by atoms with Crippen LogP contribution in [0.2, 0.25) is 0 Å². The number of anilines is 2. The van der Waals surface area contributed by atoms with Gasteiger partial charge in [0.15, 0.2) is 6.61 Å². The van der Waals surface area contributed by atoms with Crippen LogP contribution in [0.4, 0.5) is 11.4 Å². The molecule has 0 aliphatic heterocycles. The van der Waals surface area contributed by atoms with E-state index >= 15 is 0 Å². The van der Waals surface area contributed by atoms with Gasteiger partial charge in [-0.1, -0.05) is 0 Å². The highest BCUT2D eigenvalue weighted by Gasteiger charge is 2.15. The molecule has 2 rings (SSSR count). The molecule has 0 fully saturated rings. The summed E-state index contributed by atoms with van der Waals surface area (Å²) in [4.78, 5) is 22.9. The molecule has 184 valence electrons. The third-order valence-corrected chi connectivity index (χ3v) is 5.32. The summed E-state index contributed by atoms with van der Waals surface area (Å²) in [5, 5.41) is 3.45. The molecule has 0 saturated heterocycles. The summed E-state index contributed by atoms with van der Waals surface area (Å²) < 4.78 is 53.4. The van der Waals surface area contributed by atoms with Gasteiger partial charge in [0.2, 0.25) is 0 Å². The maximum Gasteiger partial charge on any atom is 0.303 e. The average Bonchev–Trinajstić information content (AvgIpc) is 2.80. The Labute approximate surface area is 197 Å². The van der Waals surface area contributed by atoms with E-state index in [0.29, 0.717) is 22.8 Å². The van der Waals surface area contributed by atoms with Gasteiger partial charge in [-0.2, -0.15) is 0 Å². The second-order valence-corrected chi connectivity index (χ2v) is 8.21. The predicted molar refractivity (Wildman–Crippen MR) is 126 cm³/mol. The molecule has 0 aliphatic carbocycles. The van der Waals surface area contributed by atoms with Crippen LogP contribution in [0.15, 0.2) is 35.7 Å². The number of ether oxygens (including phenoxy) is 5. The number of sulfonamides is 1. The van der Waals surface area contributed by atoms with Gasteiger partial charge in [0.05, 0.1) is 50.8 Å². The van der Waals surface area contributed by atoms with Gasteiger partial charge in [0.25, 0.3) is 15.9 Å². The molecule has 0 heterocycles. The minimum atomic E-state index is -3.98. The largest absolute Gasteiger partial charge is 0.496 e. The number of methoxy groups -OCH3 is 4. The van der Waals surface area contributed by atoms with E-state index in [1.807, 2.05) is 0 Å². The molecule has 0 aliphatic rings. The molecule has 34 heavy (non-hydrogen) atoms. The van der Waals surface area contributed by atoms with Gasteiger partial charge in [-0.05, 0) is 24.3 Å². The summed E-state index contributed by atoms with van der Waals surface area (Å²) in [6.45, 7) is 0.677. The number of carbonyl (C=O) groups is 2. The van der Waals surface area contributed by atoms with Crippen molar-refractivity contribution < 1.29 is 41.7 Å². The van der Waals surface area contributed by atoms with Gasteiger partial charge in [0, 0.05) is 19.1 Å². The molecule has 0 radical (unpaired) electrons. The topological polar surface area (TPSA) is 138 Å². The van der Waals surface area contributed by atoms with Crippen molar-refractivity contribution in [3.8, 4) is 23.0 Å². The van der Waals surface area contributed by atoms with Crippen molar-refractivity contribution in [2.45, 2.75) is 6.92 Å². The highest BCUT2D eigenvalue weighted by molar-refractivity contribution is 7.95. The zero-order chi connectivity index (χ0) is 25.3. The summed E-state index contributed by atoms with van der Waals surface area (Å²) >= 11 is 0. The Morgan fingerprint density at radius 3 is 2.06 bits per heavy atom. The number of nitrogens with one attached hydrogen (secondary N) is 2. The number of esters is 1. The fraction of sp³-hybridized carbons (Fsp3) is 0.273. The van der Waals surface area contributed by atoms with E-state index in [4.69, 9.17) is 18.9 Å². The Bertz CT molecular complexity index is 1150. The summed E-state index contributed by atoms with van der Waals surface area (Å²) in [7, 11) is 1.77. The number of hydrogen-bond acceptors (Lipinski definition) is 9. The summed E-state index contributed by atoms with van der Waals surface area (Å²) in [6.07, 6.45) is 1.32. The highest BCUT2D eigenvalue weighted by atomic mass is 32.2. The first kappa shape index (κ1) is 26.3. The van der Waals surface area contributed by atoms with Crippen molar-refractivity contribution >= 4 is 39.4 Å². The SMILES string of the molecule is COc1cc(OC)c(C=CS(=O)(=O)Nc2ccc(OC)c(NC(=O)COC(C)=O)c2)c(OC)c1. The summed E-state index contributed by atoms with van der Waals surface area (Å²) in [5.41, 5.74) is 0.730. The Hall–Kier alpha value is -3.93. The molecular formula is C22H26N2O9S. The smallest absolute Gasteiger partial charge is 0.303 e. The quantitative estimate of drug-likeness (QED) is 0.451. The zero-order valence-corrected chi connectivity index (χ0v) is 20.1. The first-order valence-corrected chi connectivity index (χ1v) is 11.3. The minimum absolute atomic E-state index is 0.155. The fourth-order valence-corrected chi connectivity index (χ4v) is 3.61. The molecule has 0 saturated carbocycles. The van der Waals surface area contributed by atoms with Crippen LogP contribution in [0.25, 0.3) is 6.08 Å². The van der Waals surface area contributed by atoms with Crippen LogP contribution in [0, 0.1) is 0 Å². The lowest BCUT2D eigenvalue weighted by molar-refractivity contribution is -0.144. The third kappa shape index (κ3) is 7.30. The van der Waals surface area contributed by atoms with Gasteiger partial charge in [-0.3, -0.25) is 14.3 Å². The number of rotatable bonds is 11. The standard InChI is InChI=1S/C22H26N2O9S/c1-14(25)33-13-22(26)23-18-10-15(6-7-19(18)30-3)24-34(27,28)9-8-17-20(31-4)11-16(29-2)12-21(17)32-5/h6-12,24H,13H2,1-5H3,(H,23,26). The van der Waals surface area contributed by atoms with E-state index < -0.39 is 28.5 Å². The van der Waals surface area contributed by atoms with Gasteiger partial charge >= 0.3 is 5.97 Å². The third-order valence-electron chi connectivity index (χ3n) is 4.31. The summed E-state index contributed by atoms with van der Waals surface area (Å²) in [5.74, 6) is 0.234. The van der Waals surface area contributed by atoms with E-state index in [-0.39, 0.29) is 17.1 Å². The molecule has 0 bridgehead atoms. The first-order chi connectivity index (χ1) is 16.1. The Kier molecular flexibility index (Phi) is 9.13. The minimum Gasteiger partial charge on any atom is -0.496 e. The van der Waals surface area contributed by atoms with Gasteiger partial charge in [-0.25, -0.2) is 8.42 Å². The Morgan fingerprint density at radius 2 is 1.53 bits per heavy atom. The molecule has 0 spiro atoms. The number of carbonyl (C=O) groups excluding carboxylic acids is 2. The van der Waals surface area contributed by atoms with Crippen LogP contribution in [0.5, 0.6) is 23.0 Å². The summed E-state index contributed by atoms with van der Waals surface area (Å²) in [6, 6.07) is 7.48. The van der Waals surface area contributed by atoms with Gasteiger partial charge in [0.1, 0.15) is 23.0 Å². The molecule has 1 amide bonds. The molecule has 2 aromatic rings. The van der Waals surface area contributed by atoms with E-state index in [0.717, 1.165) is 5.41 Å². The van der Waals surface area contributed by atoms with Crippen LogP contribution in [0.3, 0.4) is 0 Å². The van der Waals surface area contributed by atoms with Crippen LogP contribution in [0.1, 0.15) is 12.5 Å². The van der Waals surface area contributed by atoms with Crippen LogP contribution in [-0.4, -0.2) is 55.3 Å². The van der Waals surface area contributed by atoms with E-state index in [1.54, 1.807) is 12.1 Å². The highest BCUT2D eigenvalue weighted by Crippen LogP contribution is 2.35. The molecule has 0 aromatic heterocycles. The monoisotopic (exact) mass is 494 g/mol. The molecule has 12 heteroatoms. The predicted octanol–water partition coefficient (Wildman–Crippen LogP) is 2.64. The van der Waals surface area contributed by atoms with Crippen molar-refractivity contribution in [1.82, 2.24) is 0 Å². The molecule has 2 N–H and O–H groups in total. The van der Waals surface area contributed by atoms with Crippen molar-refractivity contribution in [2.24, 2.45) is 0 Å². The maximum atomic E-state index is 12.7. The van der Waals surface area contributed by atoms with Crippen LogP contribution in [-0.2, 0) is 24.3 Å². The maximum absolute atomic E-state index is 12.7.